The lowest BCUT2D eigenvalue weighted by Crippen LogP contribution is -2.40. The van der Waals surface area contributed by atoms with E-state index in [1.54, 1.807) is 11.9 Å². The number of hydrogen-bond acceptors (Lipinski definition) is 3. The van der Waals surface area contributed by atoms with E-state index in [4.69, 9.17) is 0 Å². The van der Waals surface area contributed by atoms with Crippen LogP contribution in [0, 0.1) is 5.92 Å². The number of carbonyl (C=O) groups is 2. The fraction of sp³-hybridized carbons (Fsp3) is 0.846. The average Bonchev–Trinajstić information content (AvgIpc) is 2.88. The topological polar surface area (TPSA) is 61.4 Å². The lowest BCUT2D eigenvalue weighted by molar-refractivity contribution is -0.136. The summed E-state index contributed by atoms with van der Waals surface area (Å²) in [6.45, 7) is 4.96. The predicted molar refractivity (Wildman–Crippen MR) is 78.4 cm³/mol. The van der Waals surface area contributed by atoms with Gasteiger partial charge in [0.05, 0.1) is 6.54 Å². The lowest BCUT2D eigenvalue weighted by Gasteiger charge is -2.21. The summed E-state index contributed by atoms with van der Waals surface area (Å²) >= 11 is 0. The summed E-state index contributed by atoms with van der Waals surface area (Å²) in [6.07, 6.45) is 3.54. The first kappa shape index (κ1) is 18.2. The summed E-state index contributed by atoms with van der Waals surface area (Å²) in [5.41, 5.74) is 0. The molecule has 0 aliphatic carbocycles. The van der Waals surface area contributed by atoms with E-state index in [1.807, 2.05) is 6.92 Å². The number of nitrogens with one attached hydrogen (secondary N) is 2. The molecule has 6 heteroatoms. The van der Waals surface area contributed by atoms with Crippen LogP contribution in [0.5, 0.6) is 0 Å². The third-order valence-electron chi connectivity index (χ3n) is 3.39. The Morgan fingerprint density at radius 1 is 1.42 bits per heavy atom. The second kappa shape index (κ2) is 10.0. The van der Waals surface area contributed by atoms with E-state index in [0.717, 1.165) is 32.4 Å². The summed E-state index contributed by atoms with van der Waals surface area (Å²) in [4.78, 5) is 25.1. The van der Waals surface area contributed by atoms with E-state index in [2.05, 4.69) is 10.6 Å². The van der Waals surface area contributed by atoms with Crippen molar-refractivity contribution in [2.75, 3.05) is 33.2 Å². The molecule has 2 amide bonds. The SMILES string of the molecule is CCCN(CC(=O)NC)C(=O)CCC1CCNC1.Cl. The molecule has 0 aromatic carbocycles. The minimum atomic E-state index is -0.0978. The molecule has 0 saturated carbocycles. The first-order valence-electron chi connectivity index (χ1n) is 6.86. The molecule has 19 heavy (non-hydrogen) atoms. The summed E-state index contributed by atoms with van der Waals surface area (Å²) in [7, 11) is 1.60. The molecule has 1 aliphatic heterocycles. The largest absolute Gasteiger partial charge is 0.358 e. The number of rotatable bonds is 7. The Morgan fingerprint density at radius 3 is 2.68 bits per heavy atom. The molecule has 112 valence electrons. The average molecular weight is 292 g/mol. The number of hydrogen-bond donors (Lipinski definition) is 2. The second-order valence-corrected chi connectivity index (χ2v) is 4.89. The van der Waals surface area contributed by atoms with Crippen molar-refractivity contribution < 1.29 is 9.59 Å². The lowest BCUT2D eigenvalue weighted by atomic mass is 10.0. The Hall–Kier alpha value is -0.810. The summed E-state index contributed by atoms with van der Waals surface area (Å²) in [6, 6.07) is 0. The second-order valence-electron chi connectivity index (χ2n) is 4.89. The Morgan fingerprint density at radius 2 is 2.16 bits per heavy atom. The maximum Gasteiger partial charge on any atom is 0.239 e. The predicted octanol–water partition coefficient (Wildman–Crippen LogP) is 0.782. The molecular weight excluding hydrogens is 266 g/mol. The molecule has 0 aromatic rings. The van der Waals surface area contributed by atoms with Gasteiger partial charge in [0.15, 0.2) is 0 Å². The molecule has 1 aliphatic rings. The Bertz CT molecular complexity index is 281. The van der Waals surface area contributed by atoms with Crippen molar-refractivity contribution in [3.63, 3.8) is 0 Å². The van der Waals surface area contributed by atoms with E-state index in [9.17, 15) is 9.59 Å². The molecule has 1 atom stereocenters. The van der Waals surface area contributed by atoms with Gasteiger partial charge in [-0.1, -0.05) is 6.92 Å². The molecule has 1 fully saturated rings. The van der Waals surface area contributed by atoms with Crippen LogP contribution in [0.2, 0.25) is 0 Å². The Balaban J connectivity index is 0.00000324. The van der Waals surface area contributed by atoms with Gasteiger partial charge in [-0.15, -0.1) is 12.4 Å². The van der Waals surface area contributed by atoms with Gasteiger partial charge in [0.1, 0.15) is 0 Å². The first-order valence-corrected chi connectivity index (χ1v) is 6.86. The molecular formula is C13H26ClN3O2. The summed E-state index contributed by atoms with van der Waals surface area (Å²) < 4.78 is 0. The van der Waals surface area contributed by atoms with Gasteiger partial charge >= 0.3 is 0 Å². The molecule has 2 N–H and O–H groups in total. The minimum absolute atomic E-state index is 0. The van der Waals surface area contributed by atoms with E-state index in [1.165, 1.54) is 0 Å². The molecule has 1 unspecified atom stereocenters. The molecule has 1 rings (SSSR count). The quantitative estimate of drug-likeness (QED) is 0.729. The van der Waals surface area contributed by atoms with Crippen molar-refractivity contribution in [1.82, 2.24) is 15.5 Å². The van der Waals surface area contributed by atoms with Gasteiger partial charge in [0.25, 0.3) is 0 Å². The van der Waals surface area contributed by atoms with Gasteiger partial charge in [-0.3, -0.25) is 9.59 Å². The highest BCUT2D eigenvalue weighted by molar-refractivity contribution is 5.85. The highest BCUT2D eigenvalue weighted by Gasteiger charge is 2.19. The maximum absolute atomic E-state index is 12.1. The van der Waals surface area contributed by atoms with Crippen LogP contribution in [0.1, 0.15) is 32.6 Å². The molecule has 0 aromatic heterocycles. The van der Waals surface area contributed by atoms with Gasteiger partial charge in [-0.2, -0.15) is 0 Å². The number of nitrogens with zero attached hydrogens (tertiary/aromatic N) is 1. The van der Waals surface area contributed by atoms with E-state index in [0.29, 0.717) is 18.9 Å². The van der Waals surface area contributed by atoms with Crippen molar-refractivity contribution in [1.29, 1.82) is 0 Å². The van der Waals surface area contributed by atoms with E-state index in [-0.39, 0.29) is 30.8 Å². The molecule has 5 nitrogen and oxygen atoms in total. The van der Waals surface area contributed by atoms with Gasteiger partial charge in [-0.05, 0) is 38.3 Å². The van der Waals surface area contributed by atoms with Crippen LogP contribution in [-0.2, 0) is 9.59 Å². The van der Waals surface area contributed by atoms with Crippen LogP contribution >= 0.6 is 12.4 Å². The van der Waals surface area contributed by atoms with Gasteiger partial charge < -0.3 is 15.5 Å². The summed E-state index contributed by atoms with van der Waals surface area (Å²) in [5, 5.41) is 5.87. The third kappa shape index (κ3) is 6.78. The van der Waals surface area contributed by atoms with Crippen LogP contribution in [0.3, 0.4) is 0 Å². The van der Waals surface area contributed by atoms with Crippen LogP contribution in [-0.4, -0.2) is 49.9 Å². The number of amides is 2. The van der Waals surface area contributed by atoms with Crippen molar-refractivity contribution in [2.45, 2.75) is 32.6 Å². The van der Waals surface area contributed by atoms with E-state index < -0.39 is 0 Å². The minimum Gasteiger partial charge on any atom is -0.358 e. The number of carbonyl (C=O) groups excluding carboxylic acids is 2. The zero-order chi connectivity index (χ0) is 13.4. The van der Waals surface area contributed by atoms with Gasteiger partial charge in [-0.25, -0.2) is 0 Å². The number of likely N-dealkylation sites (N-methyl/N-ethyl adjacent to an activating group) is 1. The molecule has 0 spiro atoms. The Kier molecular flexibility index (Phi) is 9.61. The third-order valence-corrected chi connectivity index (χ3v) is 3.39. The fourth-order valence-electron chi connectivity index (χ4n) is 2.26. The first-order chi connectivity index (χ1) is 8.67. The zero-order valence-corrected chi connectivity index (χ0v) is 12.7. The summed E-state index contributed by atoms with van der Waals surface area (Å²) in [5.74, 6) is 0.629. The highest BCUT2D eigenvalue weighted by atomic mass is 35.5. The zero-order valence-electron chi connectivity index (χ0n) is 11.9. The van der Waals surface area contributed by atoms with Crippen molar-refractivity contribution in [3.05, 3.63) is 0 Å². The molecule has 0 bridgehead atoms. The van der Waals surface area contributed by atoms with Crippen LogP contribution in [0.4, 0.5) is 0 Å². The fourth-order valence-corrected chi connectivity index (χ4v) is 2.26. The van der Waals surface area contributed by atoms with Crippen LogP contribution < -0.4 is 10.6 Å². The van der Waals surface area contributed by atoms with Crippen LogP contribution in [0.25, 0.3) is 0 Å². The van der Waals surface area contributed by atoms with Crippen molar-refractivity contribution >= 4 is 24.2 Å². The van der Waals surface area contributed by atoms with Gasteiger partial charge in [0, 0.05) is 20.0 Å². The monoisotopic (exact) mass is 291 g/mol. The standard InChI is InChI=1S/C13H25N3O2.ClH/c1-3-8-16(10-12(17)14-2)13(18)5-4-11-6-7-15-9-11;/h11,15H,3-10H2,1-2H3,(H,14,17);1H. The Labute approximate surface area is 121 Å². The van der Waals surface area contributed by atoms with E-state index >= 15 is 0 Å². The number of halogens is 1. The highest BCUT2D eigenvalue weighted by Crippen LogP contribution is 2.15. The normalized spacial score (nSPS) is 17.7. The van der Waals surface area contributed by atoms with Crippen molar-refractivity contribution in [2.24, 2.45) is 5.92 Å². The molecule has 1 saturated heterocycles. The van der Waals surface area contributed by atoms with Crippen molar-refractivity contribution in [3.8, 4) is 0 Å². The van der Waals surface area contributed by atoms with Crippen LogP contribution in [0.15, 0.2) is 0 Å². The molecule has 0 radical (unpaired) electrons. The van der Waals surface area contributed by atoms with Gasteiger partial charge in [0.2, 0.25) is 11.8 Å². The maximum atomic E-state index is 12.1. The molecule has 1 heterocycles. The smallest absolute Gasteiger partial charge is 0.239 e.